The highest BCUT2D eigenvalue weighted by Crippen LogP contribution is 2.32. The van der Waals surface area contributed by atoms with Gasteiger partial charge in [0.25, 0.3) is 0 Å². The summed E-state index contributed by atoms with van der Waals surface area (Å²) >= 11 is 0. The van der Waals surface area contributed by atoms with E-state index >= 15 is 0 Å². The Morgan fingerprint density at radius 3 is 2.70 bits per heavy atom. The lowest BCUT2D eigenvalue weighted by Gasteiger charge is -2.08. The Bertz CT molecular complexity index is 179. The van der Waals surface area contributed by atoms with Gasteiger partial charge in [-0.2, -0.15) is 0 Å². The maximum absolute atomic E-state index is 10.1. The van der Waals surface area contributed by atoms with E-state index in [2.05, 4.69) is 6.58 Å². The second-order valence-electron chi connectivity index (χ2n) is 2.81. The Morgan fingerprint density at radius 1 is 1.90 bits per heavy atom. The molecule has 0 bridgehead atoms. The number of carbonyl (C=O) groups excluding carboxylic acids is 1. The summed E-state index contributed by atoms with van der Waals surface area (Å²) in [4.78, 5) is 10.1. The second-order valence-corrected chi connectivity index (χ2v) is 2.81. The fourth-order valence-electron chi connectivity index (χ4n) is 0.749. The number of carbonyl (C=O) groups is 1. The van der Waals surface area contributed by atoms with Crippen LogP contribution in [0.4, 0.5) is 0 Å². The van der Waals surface area contributed by atoms with Crippen LogP contribution in [-0.2, 0) is 9.53 Å². The molecule has 1 rings (SSSR count). The van der Waals surface area contributed by atoms with E-state index in [0.29, 0.717) is 13.0 Å². The van der Waals surface area contributed by atoms with Gasteiger partial charge in [-0.3, -0.25) is 0 Å². The number of hydrogen-bond donors (Lipinski definition) is 0. The van der Waals surface area contributed by atoms with Crippen molar-refractivity contribution in [2.75, 3.05) is 6.61 Å². The normalized spacial score (nSPS) is 29.7. The number of carboxylic acids is 1. The lowest BCUT2D eigenvalue weighted by atomic mass is 10.0. The average molecular weight is 141 g/mol. The molecule has 1 unspecified atom stereocenters. The van der Waals surface area contributed by atoms with Crippen LogP contribution in [0.2, 0.25) is 0 Å². The molecule has 0 N–H and O–H groups in total. The van der Waals surface area contributed by atoms with E-state index < -0.39 is 5.97 Å². The smallest absolute Gasteiger partial charge is 0.0929 e. The summed E-state index contributed by atoms with van der Waals surface area (Å²) in [7, 11) is 0. The molecule has 0 spiro atoms. The van der Waals surface area contributed by atoms with Crippen molar-refractivity contribution in [3.8, 4) is 0 Å². The van der Waals surface area contributed by atoms with E-state index in [1.54, 1.807) is 0 Å². The molecule has 56 valence electrons. The molecule has 0 amide bonds. The molecule has 0 radical (unpaired) electrons. The molecule has 10 heavy (non-hydrogen) atoms. The van der Waals surface area contributed by atoms with Crippen LogP contribution in [0.3, 0.4) is 0 Å². The van der Waals surface area contributed by atoms with Crippen molar-refractivity contribution < 1.29 is 14.6 Å². The molecule has 0 aliphatic carbocycles. The van der Waals surface area contributed by atoms with Gasteiger partial charge in [-0.1, -0.05) is 6.58 Å². The van der Waals surface area contributed by atoms with Crippen molar-refractivity contribution in [2.24, 2.45) is 0 Å². The Balaban J connectivity index is 2.39. The SMILES string of the molecule is C=C(CC1(C)CO1)C(=O)[O-]. The van der Waals surface area contributed by atoms with Gasteiger partial charge >= 0.3 is 0 Å². The first-order valence-corrected chi connectivity index (χ1v) is 3.07. The van der Waals surface area contributed by atoms with Crippen molar-refractivity contribution in [1.29, 1.82) is 0 Å². The van der Waals surface area contributed by atoms with E-state index in [0.717, 1.165) is 0 Å². The minimum Gasteiger partial charge on any atom is -0.545 e. The molecule has 1 aliphatic heterocycles. The highest BCUT2D eigenvalue weighted by molar-refractivity contribution is 5.84. The first-order valence-electron chi connectivity index (χ1n) is 3.07. The minimum absolute atomic E-state index is 0.111. The molecule has 0 saturated carbocycles. The van der Waals surface area contributed by atoms with Gasteiger partial charge in [0.05, 0.1) is 18.2 Å². The topological polar surface area (TPSA) is 52.7 Å². The van der Waals surface area contributed by atoms with Crippen molar-refractivity contribution in [2.45, 2.75) is 18.9 Å². The first-order chi connectivity index (χ1) is 4.53. The van der Waals surface area contributed by atoms with Gasteiger partial charge in [0.1, 0.15) is 0 Å². The summed E-state index contributed by atoms with van der Waals surface area (Å²) in [6.07, 6.45) is 0.370. The molecule has 1 aliphatic rings. The van der Waals surface area contributed by atoms with Gasteiger partial charge in [-0.15, -0.1) is 0 Å². The lowest BCUT2D eigenvalue weighted by molar-refractivity contribution is -0.299. The summed E-state index contributed by atoms with van der Waals surface area (Å²) in [5.74, 6) is -1.18. The van der Waals surface area contributed by atoms with Crippen LogP contribution in [0.25, 0.3) is 0 Å². The quantitative estimate of drug-likeness (QED) is 0.392. The van der Waals surface area contributed by atoms with Gasteiger partial charge in [0, 0.05) is 6.42 Å². The van der Waals surface area contributed by atoms with Crippen molar-refractivity contribution in [3.05, 3.63) is 12.2 Å². The molecule has 1 heterocycles. The summed E-state index contributed by atoms with van der Waals surface area (Å²) < 4.78 is 4.96. The largest absolute Gasteiger partial charge is 0.545 e. The first kappa shape index (κ1) is 7.28. The maximum Gasteiger partial charge on any atom is 0.0929 e. The van der Waals surface area contributed by atoms with Crippen LogP contribution in [0, 0.1) is 0 Å². The predicted molar refractivity (Wildman–Crippen MR) is 33.1 cm³/mol. The Labute approximate surface area is 59.3 Å². The minimum atomic E-state index is -1.18. The van der Waals surface area contributed by atoms with Crippen molar-refractivity contribution in [1.82, 2.24) is 0 Å². The number of aliphatic carboxylic acids is 1. The predicted octanol–water partition coefficient (Wildman–Crippen LogP) is -0.528. The highest BCUT2D eigenvalue weighted by atomic mass is 16.6. The fraction of sp³-hybridized carbons (Fsp3) is 0.571. The summed E-state index contributed by atoms with van der Waals surface area (Å²) in [6, 6.07) is 0. The second kappa shape index (κ2) is 2.09. The third-order valence-corrected chi connectivity index (χ3v) is 1.51. The zero-order valence-electron chi connectivity index (χ0n) is 5.85. The van der Waals surface area contributed by atoms with E-state index in [-0.39, 0.29) is 11.2 Å². The van der Waals surface area contributed by atoms with E-state index in [1.807, 2.05) is 6.92 Å². The van der Waals surface area contributed by atoms with Crippen LogP contribution in [0.1, 0.15) is 13.3 Å². The Kier molecular flexibility index (Phi) is 1.52. The molecule has 1 fully saturated rings. The molecule has 0 aromatic carbocycles. The fourth-order valence-corrected chi connectivity index (χ4v) is 0.749. The number of ether oxygens (including phenoxy) is 1. The molecule has 0 aromatic rings. The molecular formula is C7H9O3-. The number of epoxide rings is 1. The van der Waals surface area contributed by atoms with Gasteiger partial charge in [0.2, 0.25) is 0 Å². The molecule has 3 heteroatoms. The molecule has 1 atom stereocenters. The Hall–Kier alpha value is -0.830. The van der Waals surface area contributed by atoms with Gasteiger partial charge in [-0.05, 0) is 12.5 Å². The number of carboxylic acid groups (broad SMARTS) is 1. The van der Waals surface area contributed by atoms with Crippen LogP contribution < -0.4 is 5.11 Å². The van der Waals surface area contributed by atoms with Crippen LogP contribution in [0.15, 0.2) is 12.2 Å². The molecular weight excluding hydrogens is 132 g/mol. The van der Waals surface area contributed by atoms with E-state index in [1.165, 1.54) is 0 Å². The Morgan fingerprint density at radius 2 is 2.40 bits per heavy atom. The highest BCUT2D eigenvalue weighted by Gasteiger charge is 2.39. The van der Waals surface area contributed by atoms with Crippen LogP contribution in [0.5, 0.6) is 0 Å². The summed E-state index contributed by atoms with van der Waals surface area (Å²) in [5.41, 5.74) is -0.156. The van der Waals surface area contributed by atoms with E-state index in [4.69, 9.17) is 4.74 Å². The zero-order chi connectivity index (χ0) is 7.78. The number of rotatable bonds is 3. The zero-order valence-corrected chi connectivity index (χ0v) is 5.85. The van der Waals surface area contributed by atoms with Gasteiger partial charge < -0.3 is 14.6 Å². The van der Waals surface area contributed by atoms with Crippen LogP contribution in [-0.4, -0.2) is 18.2 Å². The van der Waals surface area contributed by atoms with Gasteiger partial charge in [0.15, 0.2) is 0 Å². The van der Waals surface area contributed by atoms with Crippen molar-refractivity contribution in [3.63, 3.8) is 0 Å². The van der Waals surface area contributed by atoms with Crippen molar-refractivity contribution >= 4 is 5.97 Å². The lowest BCUT2D eigenvalue weighted by Crippen LogP contribution is -2.26. The third kappa shape index (κ3) is 1.57. The summed E-state index contributed by atoms with van der Waals surface area (Å²) in [5, 5.41) is 10.1. The molecule has 0 aromatic heterocycles. The maximum atomic E-state index is 10.1. The molecule has 3 nitrogen and oxygen atoms in total. The van der Waals surface area contributed by atoms with Crippen LogP contribution >= 0.6 is 0 Å². The molecule has 1 saturated heterocycles. The van der Waals surface area contributed by atoms with E-state index in [9.17, 15) is 9.90 Å². The third-order valence-electron chi connectivity index (χ3n) is 1.51. The monoisotopic (exact) mass is 141 g/mol. The number of hydrogen-bond acceptors (Lipinski definition) is 3. The average Bonchev–Trinajstić information content (AvgIpc) is 2.47. The summed E-state index contributed by atoms with van der Waals surface area (Å²) in [6.45, 7) is 5.81. The standard InChI is InChI=1S/C7H10O3/c1-5(6(8)9)3-7(2)4-10-7/h1,3-4H2,2H3,(H,8,9)/p-1. The van der Waals surface area contributed by atoms with Gasteiger partial charge in [-0.25, -0.2) is 0 Å².